The highest BCUT2D eigenvalue weighted by atomic mass is 16.2. The van der Waals surface area contributed by atoms with Gasteiger partial charge in [-0.3, -0.25) is 0 Å². The van der Waals surface area contributed by atoms with E-state index in [1.54, 1.807) is 11.0 Å². The molecule has 0 atom stereocenters. The van der Waals surface area contributed by atoms with Crippen LogP contribution in [-0.4, -0.2) is 31.5 Å². The number of aromatic amines is 1. The topological polar surface area (TPSA) is 66.7 Å². The number of H-pyrrole nitrogens is 1. The summed E-state index contributed by atoms with van der Waals surface area (Å²) >= 11 is 0. The maximum absolute atomic E-state index is 8.91. The molecule has 0 unspecified atom stereocenters. The number of hydrogen-bond donors (Lipinski definition) is 2. The number of rotatable bonds is 4. The van der Waals surface area contributed by atoms with Crippen LogP contribution in [0, 0.1) is 0 Å². The van der Waals surface area contributed by atoms with Crippen LogP contribution in [0.25, 0.3) is 16.6 Å². The Morgan fingerprint density at radius 1 is 1.33 bits per heavy atom. The molecule has 5 heteroatoms. The molecule has 0 amide bonds. The summed E-state index contributed by atoms with van der Waals surface area (Å²) < 4.78 is 1.74. The molecule has 2 aromatic heterocycles. The Morgan fingerprint density at radius 2 is 2.28 bits per heavy atom. The molecule has 0 spiro atoms. The fraction of sp³-hybridized carbons (Fsp3) is 0.231. The third kappa shape index (κ3) is 1.89. The fourth-order valence-electron chi connectivity index (χ4n) is 2.13. The van der Waals surface area contributed by atoms with Gasteiger partial charge in [0.2, 0.25) is 0 Å². The number of hydrogen-bond acceptors (Lipinski definition) is 3. The fourth-order valence-corrected chi connectivity index (χ4v) is 2.13. The van der Waals surface area contributed by atoms with Crippen LogP contribution in [0.4, 0.5) is 0 Å². The highest BCUT2D eigenvalue weighted by Gasteiger charge is 2.05. The van der Waals surface area contributed by atoms with Crippen LogP contribution < -0.4 is 0 Å². The van der Waals surface area contributed by atoms with Gasteiger partial charge in [-0.1, -0.05) is 0 Å². The third-order valence-corrected chi connectivity index (χ3v) is 3.04. The summed E-state index contributed by atoms with van der Waals surface area (Å²) in [5.41, 5.74) is 3.32. The first kappa shape index (κ1) is 11.0. The molecule has 92 valence electrons. The maximum atomic E-state index is 8.91. The predicted octanol–water partition coefficient (Wildman–Crippen LogP) is 1.67. The highest BCUT2D eigenvalue weighted by Crippen LogP contribution is 2.22. The Balaban J connectivity index is 2.04. The van der Waals surface area contributed by atoms with Gasteiger partial charge in [-0.05, 0) is 36.6 Å². The number of aliphatic hydroxyl groups is 1. The van der Waals surface area contributed by atoms with E-state index in [4.69, 9.17) is 5.11 Å². The average molecular weight is 242 g/mol. The minimum Gasteiger partial charge on any atom is -0.396 e. The van der Waals surface area contributed by atoms with E-state index in [2.05, 4.69) is 21.1 Å². The molecule has 3 rings (SSSR count). The van der Waals surface area contributed by atoms with Gasteiger partial charge in [0.25, 0.3) is 0 Å². The number of aliphatic hydroxyl groups excluding tert-OH is 1. The van der Waals surface area contributed by atoms with Gasteiger partial charge >= 0.3 is 0 Å². The summed E-state index contributed by atoms with van der Waals surface area (Å²) in [6.45, 7) is 0.218. The molecule has 2 heterocycles. The minimum atomic E-state index is 0.218. The molecule has 0 radical (unpaired) electrons. The molecule has 0 bridgehead atoms. The summed E-state index contributed by atoms with van der Waals surface area (Å²) in [6, 6.07) is 6.13. The summed E-state index contributed by atoms with van der Waals surface area (Å²) in [4.78, 5) is 7.19. The molecule has 0 aliphatic rings. The van der Waals surface area contributed by atoms with Crippen LogP contribution in [0.5, 0.6) is 0 Å². The van der Waals surface area contributed by atoms with Gasteiger partial charge in [-0.25, -0.2) is 9.67 Å². The SMILES string of the molecule is OCCCc1c[nH]c2ccc(-n3cncn3)cc12. The molecule has 5 nitrogen and oxygen atoms in total. The van der Waals surface area contributed by atoms with Crippen LogP contribution in [0.3, 0.4) is 0 Å². The molecule has 1 aromatic carbocycles. The van der Waals surface area contributed by atoms with Crippen molar-refractivity contribution in [2.24, 2.45) is 0 Å². The van der Waals surface area contributed by atoms with E-state index < -0.39 is 0 Å². The second kappa shape index (κ2) is 4.62. The summed E-state index contributed by atoms with van der Waals surface area (Å²) in [6.07, 6.45) is 6.86. The maximum Gasteiger partial charge on any atom is 0.138 e. The molecule has 3 aromatic rings. The van der Waals surface area contributed by atoms with Gasteiger partial charge in [0, 0.05) is 23.7 Å². The van der Waals surface area contributed by atoms with Crippen LogP contribution in [0.1, 0.15) is 12.0 Å². The number of benzene rings is 1. The van der Waals surface area contributed by atoms with Crippen molar-refractivity contribution in [2.75, 3.05) is 6.61 Å². The molecular weight excluding hydrogens is 228 g/mol. The number of aryl methyl sites for hydroxylation is 1. The van der Waals surface area contributed by atoms with E-state index >= 15 is 0 Å². The molecule has 2 N–H and O–H groups in total. The normalized spacial score (nSPS) is 11.2. The summed E-state index contributed by atoms with van der Waals surface area (Å²) in [5.74, 6) is 0. The Morgan fingerprint density at radius 3 is 3.06 bits per heavy atom. The lowest BCUT2D eigenvalue weighted by Gasteiger charge is -2.02. The molecule has 0 aliphatic heterocycles. The smallest absolute Gasteiger partial charge is 0.138 e. The summed E-state index contributed by atoms with van der Waals surface area (Å²) in [5, 5.41) is 14.2. The number of aromatic nitrogens is 4. The van der Waals surface area contributed by atoms with E-state index in [0.29, 0.717) is 0 Å². The van der Waals surface area contributed by atoms with Gasteiger partial charge in [-0.15, -0.1) is 0 Å². The second-order valence-corrected chi connectivity index (χ2v) is 4.21. The highest BCUT2D eigenvalue weighted by molar-refractivity contribution is 5.85. The lowest BCUT2D eigenvalue weighted by atomic mass is 10.1. The quantitative estimate of drug-likeness (QED) is 0.731. The zero-order valence-corrected chi connectivity index (χ0v) is 9.87. The molecule has 0 saturated heterocycles. The van der Waals surface area contributed by atoms with Gasteiger partial charge in [0.15, 0.2) is 0 Å². The Hall–Kier alpha value is -2.14. The zero-order valence-electron chi connectivity index (χ0n) is 9.87. The first-order valence-electron chi connectivity index (χ1n) is 5.94. The van der Waals surface area contributed by atoms with Gasteiger partial charge in [-0.2, -0.15) is 5.10 Å². The molecule has 0 fully saturated rings. The molecule has 0 aliphatic carbocycles. The average Bonchev–Trinajstić information content (AvgIpc) is 3.05. The lowest BCUT2D eigenvalue weighted by molar-refractivity contribution is 0.289. The van der Waals surface area contributed by atoms with E-state index in [0.717, 1.165) is 24.0 Å². The zero-order chi connectivity index (χ0) is 12.4. The van der Waals surface area contributed by atoms with E-state index in [9.17, 15) is 0 Å². The van der Waals surface area contributed by atoms with Gasteiger partial charge in [0.05, 0.1) is 5.69 Å². The van der Waals surface area contributed by atoms with Gasteiger partial charge < -0.3 is 10.1 Å². The van der Waals surface area contributed by atoms with Crippen LogP contribution >= 0.6 is 0 Å². The third-order valence-electron chi connectivity index (χ3n) is 3.04. The lowest BCUT2D eigenvalue weighted by Crippen LogP contribution is -1.94. The van der Waals surface area contributed by atoms with Crippen molar-refractivity contribution in [2.45, 2.75) is 12.8 Å². The molecule has 18 heavy (non-hydrogen) atoms. The minimum absolute atomic E-state index is 0.218. The number of nitrogens with zero attached hydrogens (tertiary/aromatic N) is 3. The van der Waals surface area contributed by atoms with Crippen molar-refractivity contribution in [3.8, 4) is 5.69 Å². The Kier molecular flexibility index (Phi) is 2.82. The molecule has 0 saturated carbocycles. The number of nitrogens with one attached hydrogen (secondary N) is 1. The van der Waals surface area contributed by atoms with Crippen molar-refractivity contribution in [3.05, 3.63) is 42.6 Å². The van der Waals surface area contributed by atoms with Gasteiger partial charge in [0.1, 0.15) is 12.7 Å². The summed E-state index contributed by atoms with van der Waals surface area (Å²) in [7, 11) is 0. The van der Waals surface area contributed by atoms with Crippen LogP contribution in [0.15, 0.2) is 37.1 Å². The van der Waals surface area contributed by atoms with Crippen molar-refractivity contribution < 1.29 is 5.11 Å². The predicted molar refractivity (Wildman–Crippen MR) is 68.6 cm³/mol. The van der Waals surface area contributed by atoms with E-state index in [1.807, 2.05) is 18.3 Å². The Bertz CT molecular complexity index is 642. The van der Waals surface area contributed by atoms with Crippen molar-refractivity contribution in [1.29, 1.82) is 0 Å². The van der Waals surface area contributed by atoms with E-state index in [-0.39, 0.29) is 6.61 Å². The standard InChI is InChI=1S/C13H14N4O/c18-5-1-2-10-7-15-13-4-3-11(6-12(10)13)17-9-14-8-16-17/h3-4,6-9,15,18H,1-2,5H2. The molecular formula is C13H14N4O. The van der Waals surface area contributed by atoms with E-state index in [1.165, 1.54) is 17.3 Å². The Labute approximate surface area is 104 Å². The largest absolute Gasteiger partial charge is 0.396 e. The number of fused-ring (bicyclic) bond motifs is 1. The second-order valence-electron chi connectivity index (χ2n) is 4.21. The monoisotopic (exact) mass is 242 g/mol. The van der Waals surface area contributed by atoms with Crippen molar-refractivity contribution in [3.63, 3.8) is 0 Å². The van der Waals surface area contributed by atoms with Crippen molar-refractivity contribution >= 4 is 10.9 Å². The van der Waals surface area contributed by atoms with Crippen LogP contribution in [0.2, 0.25) is 0 Å². The van der Waals surface area contributed by atoms with Crippen molar-refractivity contribution in [1.82, 2.24) is 19.7 Å². The van der Waals surface area contributed by atoms with Crippen LogP contribution in [-0.2, 0) is 6.42 Å². The first-order chi connectivity index (χ1) is 8.88. The first-order valence-corrected chi connectivity index (χ1v) is 5.94.